The van der Waals surface area contributed by atoms with Crippen molar-refractivity contribution in [3.05, 3.63) is 33.1 Å². The maximum atomic E-state index is 11.9. The number of carbonyl (C=O) groups is 2. The molecule has 0 unspecified atom stereocenters. The molecule has 1 aliphatic carbocycles. The number of carbonyl (C=O) groups excluding carboxylic acids is 2. The molecule has 6 nitrogen and oxygen atoms in total. The van der Waals surface area contributed by atoms with Gasteiger partial charge in [-0.15, -0.1) is 0 Å². The molecule has 0 spiro atoms. The van der Waals surface area contributed by atoms with Gasteiger partial charge in [0.25, 0.3) is 6.54 Å². The Labute approximate surface area is 97.8 Å². The second-order valence-corrected chi connectivity index (χ2v) is 4.52. The van der Waals surface area contributed by atoms with Crippen LogP contribution in [0.4, 0.5) is 0 Å². The lowest BCUT2D eigenvalue weighted by Crippen LogP contribution is -2.34. The first-order valence-corrected chi connectivity index (χ1v) is 4.99. The first-order valence-electron chi connectivity index (χ1n) is 4.99. The van der Waals surface area contributed by atoms with Gasteiger partial charge >= 0.3 is 0 Å². The molecule has 0 amide bonds. The van der Waals surface area contributed by atoms with Gasteiger partial charge in [0.1, 0.15) is 11.3 Å². The molecule has 0 heterocycles. The topological polar surface area (TPSA) is 97.5 Å². The lowest BCUT2D eigenvalue weighted by molar-refractivity contribution is -0.466. The van der Waals surface area contributed by atoms with Crippen LogP contribution in [0.1, 0.15) is 20.8 Å². The van der Waals surface area contributed by atoms with E-state index in [9.17, 15) is 24.8 Å². The molecule has 0 aromatic carbocycles. The zero-order valence-corrected chi connectivity index (χ0v) is 9.81. The number of hydrogen-bond acceptors (Lipinski definition) is 5. The Morgan fingerprint density at radius 3 is 2.53 bits per heavy atom. The van der Waals surface area contributed by atoms with Crippen molar-refractivity contribution in [2.45, 2.75) is 20.8 Å². The Kier molecular flexibility index (Phi) is 3.17. The molecule has 1 N–H and O–H groups in total. The molecule has 0 saturated carbocycles. The molecule has 1 rings (SSSR count). The van der Waals surface area contributed by atoms with Crippen molar-refractivity contribution in [2.75, 3.05) is 6.54 Å². The molecule has 0 aromatic heterocycles. The van der Waals surface area contributed by atoms with Crippen LogP contribution in [-0.4, -0.2) is 28.1 Å². The average Bonchev–Trinajstić information content (AvgIpc) is 2.13. The summed E-state index contributed by atoms with van der Waals surface area (Å²) in [5, 5.41) is 19.9. The van der Waals surface area contributed by atoms with Crippen molar-refractivity contribution in [1.29, 1.82) is 0 Å². The molecule has 92 valence electrons. The van der Waals surface area contributed by atoms with Gasteiger partial charge in [0, 0.05) is 10.3 Å². The molecule has 6 heteroatoms. The average molecular weight is 239 g/mol. The molecular weight excluding hydrogens is 226 g/mol. The molecule has 0 bridgehead atoms. The third-order valence-corrected chi connectivity index (χ3v) is 2.55. The predicted molar refractivity (Wildman–Crippen MR) is 59.1 cm³/mol. The molecule has 17 heavy (non-hydrogen) atoms. The van der Waals surface area contributed by atoms with Gasteiger partial charge in [-0.3, -0.25) is 19.7 Å². The van der Waals surface area contributed by atoms with E-state index in [0.29, 0.717) is 5.57 Å². The first kappa shape index (κ1) is 13.1. The monoisotopic (exact) mass is 239 g/mol. The molecular formula is C11H13NO5. The van der Waals surface area contributed by atoms with E-state index in [0.717, 1.165) is 0 Å². The number of nitrogens with zero attached hydrogens (tertiary/aromatic N) is 1. The van der Waals surface area contributed by atoms with Crippen molar-refractivity contribution < 1.29 is 19.6 Å². The Balaban J connectivity index is 3.24. The summed E-state index contributed by atoms with van der Waals surface area (Å²) in [6.07, 6.45) is 1.54. The molecule has 1 aliphatic rings. The molecule has 0 fully saturated rings. The van der Waals surface area contributed by atoms with E-state index < -0.39 is 39.8 Å². The fraction of sp³-hybridized carbons (Fsp3) is 0.455. The van der Waals surface area contributed by atoms with Gasteiger partial charge in [0.2, 0.25) is 5.78 Å². The highest BCUT2D eigenvalue weighted by molar-refractivity contribution is 6.24. The second-order valence-electron chi connectivity index (χ2n) is 4.52. The van der Waals surface area contributed by atoms with Crippen LogP contribution >= 0.6 is 0 Å². The number of ketones is 2. The highest BCUT2D eigenvalue weighted by Gasteiger charge is 2.39. The summed E-state index contributed by atoms with van der Waals surface area (Å²) in [6.45, 7) is 3.73. The van der Waals surface area contributed by atoms with Gasteiger partial charge in [0.05, 0.1) is 0 Å². The maximum Gasteiger partial charge on any atom is 0.266 e. The zero-order valence-electron chi connectivity index (χ0n) is 9.81. The fourth-order valence-corrected chi connectivity index (χ4v) is 1.76. The number of Topliss-reactive ketones (excluding diaryl/α,β-unsaturated/α-hetero) is 2. The summed E-state index contributed by atoms with van der Waals surface area (Å²) < 4.78 is 0. The van der Waals surface area contributed by atoms with E-state index in [4.69, 9.17) is 0 Å². The number of hydrogen-bond donors (Lipinski definition) is 1. The van der Waals surface area contributed by atoms with Gasteiger partial charge < -0.3 is 5.11 Å². The minimum atomic E-state index is -0.992. The van der Waals surface area contributed by atoms with Crippen LogP contribution in [0.5, 0.6) is 0 Å². The summed E-state index contributed by atoms with van der Waals surface area (Å²) >= 11 is 0. The number of aliphatic hydroxyl groups excluding tert-OH is 1. The van der Waals surface area contributed by atoms with E-state index >= 15 is 0 Å². The van der Waals surface area contributed by atoms with Gasteiger partial charge in [-0.1, -0.05) is 6.08 Å². The number of allylic oxidation sites excluding steroid dienone is 2. The lowest BCUT2D eigenvalue weighted by atomic mass is 9.76. The predicted octanol–water partition coefficient (Wildman–Crippen LogP) is 1.20. The summed E-state index contributed by atoms with van der Waals surface area (Å²) in [6, 6.07) is 0. The van der Waals surface area contributed by atoms with Crippen molar-refractivity contribution in [3.8, 4) is 0 Å². The van der Waals surface area contributed by atoms with Crippen molar-refractivity contribution in [1.82, 2.24) is 0 Å². The molecule has 0 aromatic rings. The van der Waals surface area contributed by atoms with Crippen molar-refractivity contribution >= 4 is 11.6 Å². The Morgan fingerprint density at radius 1 is 1.53 bits per heavy atom. The Bertz CT molecular complexity index is 470. The van der Waals surface area contributed by atoms with Crippen LogP contribution in [0.15, 0.2) is 23.0 Å². The third kappa shape index (κ3) is 2.41. The molecule has 0 atom stereocenters. The van der Waals surface area contributed by atoms with Gasteiger partial charge in [-0.05, 0) is 26.3 Å². The first-order chi connectivity index (χ1) is 7.66. The highest BCUT2D eigenvalue weighted by atomic mass is 16.6. The minimum Gasteiger partial charge on any atom is -0.507 e. The fourth-order valence-electron chi connectivity index (χ4n) is 1.76. The number of aliphatic hydroxyl groups is 1. The largest absolute Gasteiger partial charge is 0.507 e. The van der Waals surface area contributed by atoms with Crippen LogP contribution in [0.3, 0.4) is 0 Å². The van der Waals surface area contributed by atoms with E-state index in [2.05, 4.69) is 0 Å². The van der Waals surface area contributed by atoms with Crippen LogP contribution in [0.25, 0.3) is 0 Å². The van der Waals surface area contributed by atoms with E-state index in [1.807, 2.05) is 0 Å². The maximum absolute atomic E-state index is 11.9. The van der Waals surface area contributed by atoms with E-state index in [1.54, 1.807) is 20.8 Å². The van der Waals surface area contributed by atoms with Gasteiger partial charge in [-0.25, -0.2) is 0 Å². The molecule has 0 saturated heterocycles. The van der Waals surface area contributed by atoms with Crippen molar-refractivity contribution in [2.24, 2.45) is 5.41 Å². The second kappa shape index (κ2) is 4.12. The smallest absolute Gasteiger partial charge is 0.266 e. The quantitative estimate of drug-likeness (QED) is 0.453. The zero-order chi connectivity index (χ0) is 13.4. The van der Waals surface area contributed by atoms with E-state index in [-0.39, 0.29) is 0 Å². The van der Waals surface area contributed by atoms with Crippen LogP contribution in [0, 0.1) is 15.5 Å². The lowest BCUT2D eigenvalue weighted by Gasteiger charge is -2.25. The molecule has 0 radical (unpaired) electrons. The van der Waals surface area contributed by atoms with Crippen LogP contribution < -0.4 is 0 Å². The van der Waals surface area contributed by atoms with Gasteiger partial charge in [0.15, 0.2) is 5.78 Å². The van der Waals surface area contributed by atoms with Crippen LogP contribution in [0.2, 0.25) is 0 Å². The van der Waals surface area contributed by atoms with Gasteiger partial charge in [-0.2, -0.15) is 0 Å². The highest BCUT2D eigenvalue weighted by Crippen LogP contribution is 2.33. The Morgan fingerprint density at radius 2 is 2.06 bits per heavy atom. The summed E-state index contributed by atoms with van der Waals surface area (Å²) in [4.78, 5) is 32.9. The normalized spacial score (nSPS) is 19.0. The summed E-state index contributed by atoms with van der Waals surface area (Å²) in [7, 11) is 0. The number of rotatable bonds is 3. The number of nitro groups is 1. The minimum absolute atomic E-state index is 0.376. The standard InChI is InChI=1S/C11H13NO5/c1-6-4-11(2,3)10(15)8(9(6)14)7(13)5-12(16)17/h4,14H,5H2,1-3H3. The Hall–Kier alpha value is -1.98. The third-order valence-electron chi connectivity index (χ3n) is 2.55. The molecule has 0 aliphatic heterocycles. The van der Waals surface area contributed by atoms with E-state index in [1.165, 1.54) is 6.08 Å². The van der Waals surface area contributed by atoms with Crippen LogP contribution in [-0.2, 0) is 9.59 Å². The SMILES string of the molecule is CC1=CC(C)(C)C(=O)C(C(=O)C[N+](=O)[O-])=C1O. The van der Waals surface area contributed by atoms with Crippen molar-refractivity contribution in [3.63, 3.8) is 0 Å². The summed E-state index contributed by atoms with van der Waals surface area (Å²) in [5.41, 5.74) is -1.02. The summed E-state index contributed by atoms with van der Waals surface area (Å²) in [5.74, 6) is -2.01.